The number of carboxylic acids is 1. The summed E-state index contributed by atoms with van der Waals surface area (Å²) in [5.41, 5.74) is -1.00. The smallest absolute Gasteiger partial charge is 0.345 e. The van der Waals surface area contributed by atoms with Crippen LogP contribution in [0.5, 0.6) is 0 Å². The number of thiophene rings is 1. The highest BCUT2D eigenvalue weighted by Crippen LogP contribution is 2.27. The van der Waals surface area contributed by atoms with Gasteiger partial charge in [0.25, 0.3) is 0 Å². The van der Waals surface area contributed by atoms with Crippen molar-refractivity contribution in [3.05, 3.63) is 17.0 Å². The predicted molar refractivity (Wildman–Crippen MR) is 79.1 cm³/mol. The molecule has 3 N–H and O–H groups in total. The van der Waals surface area contributed by atoms with E-state index in [1.807, 2.05) is 0 Å². The molecule has 0 atom stereocenters. The van der Waals surface area contributed by atoms with Gasteiger partial charge in [-0.25, -0.2) is 17.9 Å². The molecule has 6 nitrogen and oxygen atoms in total. The second-order valence-electron chi connectivity index (χ2n) is 5.39. The predicted octanol–water partition coefficient (Wildman–Crippen LogP) is 1.81. The molecular formula is C13H19NO5S2. The monoisotopic (exact) mass is 333 g/mol. The van der Waals surface area contributed by atoms with Crippen LogP contribution >= 0.6 is 11.3 Å². The van der Waals surface area contributed by atoms with E-state index in [1.165, 1.54) is 12.1 Å². The zero-order chi connectivity index (χ0) is 15.5. The third kappa shape index (κ3) is 4.26. The van der Waals surface area contributed by atoms with Crippen molar-refractivity contribution in [1.29, 1.82) is 0 Å². The molecule has 1 aromatic rings. The first kappa shape index (κ1) is 16.4. The van der Waals surface area contributed by atoms with Crippen molar-refractivity contribution in [2.24, 2.45) is 0 Å². The van der Waals surface area contributed by atoms with Crippen LogP contribution in [0.3, 0.4) is 0 Å². The quantitative estimate of drug-likeness (QED) is 0.713. The zero-order valence-electron chi connectivity index (χ0n) is 11.5. The molecule has 1 heterocycles. The van der Waals surface area contributed by atoms with E-state index >= 15 is 0 Å². The van der Waals surface area contributed by atoms with Gasteiger partial charge in [-0.15, -0.1) is 11.3 Å². The molecule has 1 fully saturated rings. The maximum Gasteiger partial charge on any atom is 0.345 e. The molecule has 1 saturated carbocycles. The maximum absolute atomic E-state index is 12.1. The molecule has 0 radical (unpaired) electrons. The lowest BCUT2D eigenvalue weighted by Crippen LogP contribution is -2.42. The van der Waals surface area contributed by atoms with E-state index in [4.69, 9.17) is 5.11 Å². The molecular weight excluding hydrogens is 314 g/mol. The number of aliphatic hydroxyl groups is 1. The van der Waals surface area contributed by atoms with E-state index in [0.29, 0.717) is 24.2 Å². The van der Waals surface area contributed by atoms with E-state index < -0.39 is 21.6 Å². The second kappa shape index (κ2) is 6.43. The summed E-state index contributed by atoms with van der Waals surface area (Å²) in [5.74, 6) is -1.15. The average molecular weight is 333 g/mol. The highest BCUT2D eigenvalue weighted by molar-refractivity contribution is 7.91. The molecule has 118 valence electrons. The van der Waals surface area contributed by atoms with E-state index in [1.54, 1.807) is 0 Å². The molecule has 21 heavy (non-hydrogen) atoms. The molecule has 0 unspecified atom stereocenters. The Morgan fingerprint density at radius 3 is 2.38 bits per heavy atom. The van der Waals surface area contributed by atoms with Gasteiger partial charge in [-0.3, -0.25) is 0 Å². The maximum atomic E-state index is 12.1. The van der Waals surface area contributed by atoms with Crippen LogP contribution in [-0.4, -0.2) is 36.7 Å². The van der Waals surface area contributed by atoms with Gasteiger partial charge in [-0.05, 0) is 25.0 Å². The molecule has 0 saturated heterocycles. The van der Waals surface area contributed by atoms with Crippen molar-refractivity contribution in [1.82, 2.24) is 4.72 Å². The van der Waals surface area contributed by atoms with Crippen LogP contribution in [0.4, 0.5) is 0 Å². The topological polar surface area (TPSA) is 104 Å². The summed E-state index contributed by atoms with van der Waals surface area (Å²) < 4.78 is 26.6. The van der Waals surface area contributed by atoms with Gasteiger partial charge in [0.1, 0.15) is 9.09 Å². The molecule has 0 aromatic carbocycles. The Morgan fingerprint density at radius 1 is 1.24 bits per heavy atom. The van der Waals surface area contributed by atoms with Crippen molar-refractivity contribution in [2.45, 2.75) is 48.3 Å². The molecule has 1 aliphatic carbocycles. The molecule has 1 aliphatic rings. The minimum atomic E-state index is -3.78. The summed E-state index contributed by atoms with van der Waals surface area (Å²) in [4.78, 5) is 10.8. The highest BCUT2D eigenvalue weighted by Gasteiger charge is 2.30. The number of rotatable bonds is 5. The van der Waals surface area contributed by atoms with Crippen LogP contribution in [0.1, 0.15) is 48.2 Å². The second-order valence-corrected chi connectivity index (χ2v) is 8.46. The zero-order valence-corrected chi connectivity index (χ0v) is 13.2. The van der Waals surface area contributed by atoms with Crippen LogP contribution in [0.25, 0.3) is 0 Å². The fourth-order valence-corrected chi connectivity index (χ4v) is 4.75. The normalized spacial score (nSPS) is 19.1. The summed E-state index contributed by atoms with van der Waals surface area (Å²) in [7, 11) is -3.78. The van der Waals surface area contributed by atoms with Gasteiger partial charge in [0.05, 0.1) is 5.60 Å². The Balaban J connectivity index is 2.04. The molecule has 0 amide bonds. The standard InChI is InChI=1S/C13H19NO5S2/c15-12(16)10-5-6-11(20-10)21(18,19)14-9-13(17)7-3-1-2-4-8-13/h5-6,14,17H,1-4,7-9H2,(H,15,16). The Kier molecular flexibility index (Phi) is 5.03. The van der Waals surface area contributed by atoms with Gasteiger partial charge in [-0.1, -0.05) is 25.7 Å². The minimum Gasteiger partial charge on any atom is -0.477 e. The van der Waals surface area contributed by atoms with E-state index in [-0.39, 0.29) is 15.6 Å². The number of aromatic carboxylic acids is 1. The first-order valence-corrected chi connectivity index (χ1v) is 9.18. The van der Waals surface area contributed by atoms with Crippen LogP contribution in [-0.2, 0) is 10.0 Å². The lowest BCUT2D eigenvalue weighted by Gasteiger charge is -2.26. The number of sulfonamides is 1. The summed E-state index contributed by atoms with van der Waals surface area (Å²) in [6, 6.07) is 2.54. The number of hydrogen-bond donors (Lipinski definition) is 3. The third-order valence-electron chi connectivity index (χ3n) is 3.68. The van der Waals surface area contributed by atoms with Crippen molar-refractivity contribution in [3.63, 3.8) is 0 Å². The van der Waals surface area contributed by atoms with Gasteiger partial charge in [0.2, 0.25) is 10.0 Å². The average Bonchev–Trinajstić information content (AvgIpc) is 2.83. The van der Waals surface area contributed by atoms with Gasteiger partial charge in [0, 0.05) is 6.54 Å². The van der Waals surface area contributed by atoms with Crippen molar-refractivity contribution in [3.8, 4) is 0 Å². The molecule has 8 heteroatoms. The highest BCUT2D eigenvalue weighted by atomic mass is 32.2. The van der Waals surface area contributed by atoms with Crippen LogP contribution in [0.15, 0.2) is 16.3 Å². The molecule has 2 rings (SSSR count). The SMILES string of the molecule is O=C(O)c1ccc(S(=O)(=O)NCC2(O)CCCCCC2)s1. The van der Waals surface area contributed by atoms with Crippen molar-refractivity contribution in [2.75, 3.05) is 6.54 Å². The summed E-state index contributed by atoms with van der Waals surface area (Å²) in [6.07, 6.45) is 5.06. The largest absolute Gasteiger partial charge is 0.477 e. The molecule has 0 spiro atoms. The van der Waals surface area contributed by atoms with Crippen LogP contribution < -0.4 is 4.72 Å². The van der Waals surface area contributed by atoms with E-state index in [9.17, 15) is 18.3 Å². The van der Waals surface area contributed by atoms with E-state index in [2.05, 4.69) is 4.72 Å². The van der Waals surface area contributed by atoms with Crippen molar-refractivity contribution >= 4 is 27.3 Å². The van der Waals surface area contributed by atoms with Crippen molar-refractivity contribution < 1.29 is 23.4 Å². The number of carboxylic acid groups (broad SMARTS) is 1. The number of hydrogen-bond acceptors (Lipinski definition) is 5. The van der Waals surface area contributed by atoms with Crippen LogP contribution in [0.2, 0.25) is 0 Å². The minimum absolute atomic E-state index is 0.0245. The number of nitrogens with one attached hydrogen (secondary N) is 1. The first-order chi connectivity index (χ1) is 9.82. The van der Waals surface area contributed by atoms with Crippen LogP contribution in [0, 0.1) is 0 Å². The fraction of sp³-hybridized carbons (Fsp3) is 0.615. The Labute approximate surface area is 127 Å². The lowest BCUT2D eigenvalue weighted by atomic mass is 9.95. The summed E-state index contributed by atoms with van der Waals surface area (Å²) in [6.45, 7) is -0.0321. The van der Waals surface area contributed by atoms with Gasteiger partial charge in [-0.2, -0.15) is 0 Å². The Hall–Kier alpha value is -0.960. The van der Waals surface area contributed by atoms with Gasteiger partial charge >= 0.3 is 5.97 Å². The first-order valence-electron chi connectivity index (χ1n) is 6.88. The molecule has 0 aliphatic heterocycles. The Bertz CT molecular complexity index is 600. The third-order valence-corrected chi connectivity index (χ3v) is 6.65. The number of carbonyl (C=O) groups is 1. The molecule has 0 bridgehead atoms. The van der Waals surface area contributed by atoms with Gasteiger partial charge in [0.15, 0.2) is 0 Å². The summed E-state index contributed by atoms with van der Waals surface area (Å²) in [5, 5.41) is 19.3. The molecule has 1 aromatic heterocycles. The Morgan fingerprint density at radius 2 is 1.86 bits per heavy atom. The summed E-state index contributed by atoms with van der Waals surface area (Å²) >= 11 is 0.706. The van der Waals surface area contributed by atoms with E-state index in [0.717, 1.165) is 25.7 Å². The fourth-order valence-electron chi connectivity index (χ4n) is 2.44. The lowest BCUT2D eigenvalue weighted by molar-refractivity contribution is 0.0303. The van der Waals surface area contributed by atoms with Gasteiger partial charge < -0.3 is 10.2 Å².